The minimum atomic E-state index is 0.119. The molecule has 0 fully saturated rings. The first-order valence-corrected chi connectivity index (χ1v) is 13.5. The van der Waals surface area contributed by atoms with Crippen LogP contribution >= 0.6 is 0 Å². The van der Waals surface area contributed by atoms with Crippen molar-refractivity contribution in [1.29, 1.82) is 0 Å². The molecule has 0 heterocycles. The molecule has 0 spiro atoms. The summed E-state index contributed by atoms with van der Waals surface area (Å²) in [4.78, 5) is 12.2. The third-order valence-corrected chi connectivity index (χ3v) is 6.24. The Morgan fingerprint density at radius 1 is 0.545 bits per heavy atom. The van der Waals surface area contributed by atoms with Gasteiger partial charge in [0.1, 0.15) is 0 Å². The summed E-state index contributed by atoms with van der Waals surface area (Å²) in [6, 6.07) is 18.0. The highest BCUT2D eigenvalue weighted by molar-refractivity contribution is 5.90. The third kappa shape index (κ3) is 13.8. The number of amides is 1. The Labute approximate surface area is 202 Å². The highest BCUT2D eigenvalue weighted by Gasteiger charge is 2.03. The van der Waals surface area contributed by atoms with E-state index >= 15 is 0 Å². The molecule has 2 N–H and O–H groups in total. The van der Waals surface area contributed by atoms with E-state index in [1.807, 2.05) is 54.6 Å². The monoisotopic (exact) mass is 450 g/mol. The number of anilines is 3. The van der Waals surface area contributed by atoms with Gasteiger partial charge in [-0.3, -0.25) is 4.79 Å². The molecule has 182 valence electrons. The van der Waals surface area contributed by atoms with Crippen LogP contribution in [0.15, 0.2) is 54.6 Å². The normalized spacial score (nSPS) is 10.8. The van der Waals surface area contributed by atoms with Crippen molar-refractivity contribution < 1.29 is 4.79 Å². The zero-order valence-electron chi connectivity index (χ0n) is 20.9. The average molecular weight is 451 g/mol. The maximum Gasteiger partial charge on any atom is 0.224 e. The number of carbonyl (C=O) groups is 1. The molecular weight excluding hydrogens is 404 g/mol. The number of hydrogen-bond donors (Lipinski definition) is 2. The van der Waals surface area contributed by atoms with Crippen molar-refractivity contribution >= 4 is 23.0 Å². The standard InChI is InChI=1S/C30H46N2O/c1-2-3-4-5-6-7-8-9-10-11-12-13-14-15-19-22-30(33)32-29-25-23-28(24-26-29)31-27-20-17-16-18-21-27/h16-18,20-21,23-26,31H,2-15,19,22H2,1H3,(H,32,33). The van der Waals surface area contributed by atoms with Gasteiger partial charge in [-0.25, -0.2) is 0 Å². The van der Waals surface area contributed by atoms with Crippen molar-refractivity contribution in [3.05, 3.63) is 54.6 Å². The smallest absolute Gasteiger partial charge is 0.224 e. The third-order valence-electron chi connectivity index (χ3n) is 6.24. The van der Waals surface area contributed by atoms with Gasteiger partial charge in [-0.05, 0) is 42.8 Å². The molecule has 33 heavy (non-hydrogen) atoms. The largest absolute Gasteiger partial charge is 0.356 e. The van der Waals surface area contributed by atoms with Crippen LogP contribution in [0.4, 0.5) is 17.1 Å². The predicted molar refractivity (Wildman–Crippen MR) is 144 cm³/mol. The molecule has 2 rings (SSSR count). The van der Waals surface area contributed by atoms with E-state index < -0.39 is 0 Å². The fourth-order valence-corrected chi connectivity index (χ4v) is 4.21. The van der Waals surface area contributed by atoms with Crippen LogP contribution in [0.5, 0.6) is 0 Å². The van der Waals surface area contributed by atoms with Crippen molar-refractivity contribution in [3.63, 3.8) is 0 Å². The molecule has 2 aromatic carbocycles. The molecule has 0 aliphatic carbocycles. The van der Waals surface area contributed by atoms with E-state index in [1.165, 1.54) is 83.5 Å². The lowest BCUT2D eigenvalue weighted by molar-refractivity contribution is -0.116. The second-order valence-electron chi connectivity index (χ2n) is 9.32. The van der Waals surface area contributed by atoms with Gasteiger partial charge in [-0.2, -0.15) is 0 Å². The van der Waals surface area contributed by atoms with Crippen molar-refractivity contribution in [1.82, 2.24) is 0 Å². The minimum Gasteiger partial charge on any atom is -0.356 e. The second-order valence-corrected chi connectivity index (χ2v) is 9.32. The van der Waals surface area contributed by atoms with Gasteiger partial charge in [0.05, 0.1) is 0 Å². The van der Waals surface area contributed by atoms with Crippen LogP contribution in [-0.2, 0) is 4.79 Å². The summed E-state index contributed by atoms with van der Waals surface area (Å²) in [7, 11) is 0. The number of rotatable bonds is 19. The topological polar surface area (TPSA) is 41.1 Å². The molecule has 0 saturated heterocycles. The molecule has 0 radical (unpaired) electrons. The Bertz CT molecular complexity index is 727. The summed E-state index contributed by atoms with van der Waals surface area (Å²) in [5.74, 6) is 0.119. The van der Waals surface area contributed by atoms with E-state index in [0.717, 1.165) is 29.9 Å². The number of hydrogen-bond acceptors (Lipinski definition) is 2. The van der Waals surface area contributed by atoms with Crippen LogP contribution < -0.4 is 10.6 Å². The van der Waals surface area contributed by atoms with Crippen molar-refractivity contribution in [2.75, 3.05) is 10.6 Å². The lowest BCUT2D eigenvalue weighted by atomic mass is 10.0. The van der Waals surface area contributed by atoms with E-state index in [9.17, 15) is 4.79 Å². The van der Waals surface area contributed by atoms with E-state index in [-0.39, 0.29) is 5.91 Å². The predicted octanol–water partition coefficient (Wildman–Crippen LogP) is 9.63. The summed E-state index contributed by atoms with van der Waals surface area (Å²) in [6.07, 6.45) is 20.8. The Morgan fingerprint density at radius 3 is 1.48 bits per heavy atom. The highest BCUT2D eigenvalue weighted by atomic mass is 16.1. The first-order chi connectivity index (χ1) is 16.3. The maximum absolute atomic E-state index is 12.2. The van der Waals surface area contributed by atoms with Crippen LogP contribution in [0, 0.1) is 0 Å². The van der Waals surface area contributed by atoms with Crippen molar-refractivity contribution in [2.24, 2.45) is 0 Å². The van der Waals surface area contributed by atoms with Gasteiger partial charge in [-0.15, -0.1) is 0 Å². The van der Waals surface area contributed by atoms with Crippen molar-refractivity contribution in [3.8, 4) is 0 Å². The average Bonchev–Trinajstić information content (AvgIpc) is 2.83. The van der Waals surface area contributed by atoms with Gasteiger partial charge in [0, 0.05) is 23.5 Å². The first-order valence-electron chi connectivity index (χ1n) is 13.5. The lowest BCUT2D eigenvalue weighted by Gasteiger charge is -2.09. The van der Waals surface area contributed by atoms with Crippen molar-refractivity contribution in [2.45, 2.75) is 110 Å². The maximum atomic E-state index is 12.2. The Hall–Kier alpha value is -2.29. The van der Waals surface area contributed by atoms with Crippen LogP contribution in [-0.4, -0.2) is 5.91 Å². The SMILES string of the molecule is CCCCCCCCCCCCCCCCCC(=O)Nc1ccc(Nc2ccccc2)cc1. The van der Waals surface area contributed by atoms with Gasteiger partial charge in [-0.1, -0.05) is 115 Å². The van der Waals surface area contributed by atoms with E-state index in [0.29, 0.717) is 6.42 Å². The fraction of sp³-hybridized carbons (Fsp3) is 0.567. The highest BCUT2D eigenvalue weighted by Crippen LogP contribution is 2.19. The summed E-state index contributed by atoms with van der Waals surface area (Å²) in [5, 5.41) is 6.37. The molecule has 0 aromatic heterocycles. The van der Waals surface area contributed by atoms with Gasteiger partial charge in [0.15, 0.2) is 0 Å². The molecule has 0 unspecified atom stereocenters. The number of benzene rings is 2. The molecule has 1 amide bonds. The summed E-state index contributed by atoms with van der Waals surface area (Å²) >= 11 is 0. The van der Waals surface area contributed by atoms with Gasteiger partial charge >= 0.3 is 0 Å². The molecule has 0 bridgehead atoms. The van der Waals surface area contributed by atoms with E-state index in [1.54, 1.807) is 0 Å². The molecular formula is C30H46N2O. The molecule has 3 nitrogen and oxygen atoms in total. The van der Waals surface area contributed by atoms with Gasteiger partial charge in [0.2, 0.25) is 5.91 Å². The number of carbonyl (C=O) groups excluding carboxylic acids is 1. The molecule has 0 saturated carbocycles. The zero-order valence-corrected chi connectivity index (χ0v) is 20.9. The Morgan fingerprint density at radius 2 is 0.970 bits per heavy atom. The van der Waals surface area contributed by atoms with Crippen LogP contribution in [0.1, 0.15) is 110 Å². The van der Waals surface area contributed by atoms with Crippen LogP contribution in [0.25, 0.3) is 0 Å². The summed E-state index contributed by atoms with van der Waals surface area (Å²) in [5.41, 5.74) is 2.93. The van der Waals surface area contributed by atoms with Gasteiger partial charge in [0.25, 0.3) is 0 Å². The Balaban J connectivity index is 1.41. The van der Waals surface area contributed by atoms with Crippen LogP contribution in [0.2, 0.25) is 0 Å². The number of unbranched alkanes of at least 4 members (excludes halogenated alkanes) is 14. The van der Waals surface area contributed by atoms with E-state index in [4.69, 9.17) is 0 Å². The number of nitrogens with one attached hydrogen (secondary N) is 2. The first kappa shape index (κ1) is 27.0. The number of para-hydroxylation sites is 1. The van der Waals surface area contributed by atoms with Crippen LogP contribution in [0.3, 0.4) is 0 Å². The zero-order chi connectivity index (χ0) is 23.4. The molecule has 0 atom stereocenters. The van der Waals surface area contributed by atoms with Gasteiger partial charge < -0.3 is 10.6 Å². The molecule has 0 aliphatic heterocycles. The summed E-state index contributed by atoms with van der Waals surface area (Å²) in [6.45, 7) is 2.28. The van der Waals surface area contributed by atoms with E-state index in [2.05, 4.69) is 17.6 Å². The second kappa shape index (κ2) is 18.2. The quantitative estimate of drug-likeness (QED) is 0.209. The molecule has 2 aromatic rings. The fourth-order valence-electron chi connectivity index (χ4n) is 4.21. The Kier molecular flexibility index (Phi) is 14.8. The molecule has 3 heteroatoms. The minimum absolute atomic E-state index is 0.119. The summed E-state index contributed by atoms with van der Waals surface area (Å²) < 4.78 is 0. The molecule has 0 aliphatic rings. The lowest BCUT2D eigenvalue weighted by Crippen LogP contribution is -2.10.